The summed E-state index contributed by atoms with van der Waals surface area (Å²) in [4.78, 5) is 28.4. The molecule has 0 bridgehead atoms. The van der Waals surface area contributed by atoms with Gasteiger partial charge in [-0.1, -0.05) is 0 Å². The zero-order valence-corrected chi connectivity index (χ0v) is 11.1. The Balaban J connectivity index is 1.81. The maximum Gasteiger partial charge on any atom is 0.305 e. The molecule has 1 saturated heterocycles. The molecule has 1 fully saturated rings. The molecule has 0 aromatic carbocycles. The third kappa shape index (κ3) is 4.02. The van der Waals surface area contributed by atoms with Gasteiger partial charge in [0, 0.05) is 19.5 Å². The van der Waals surface area contributed by atoms with Crippen molar-refractivity contribution in [1.29, 1.82) is 0 Å². The van der Waals surface area contributed by atoms with Crippen molar-refractivity contribution in [2.24, 2.45) is 0 Å². The molecule has 1 aliphatic heterocycles. The molecule has 1 amide bonds. The first-order valence-corrected chi connectivity index (χ1v) is 6.58. The van der Waals surface area contributed by atoms with Crippen molar-refractivity contribution in [3.63, 3.8) is 0 Å². The number of carbonyl (C=O) groups excluding carboxylic acids is 1. The van der Waals surface area contributed by atoms with Crippen LogP contribution in [0.15, 0.2) is 12.7 Å². The highest BCUT2D eigenvalue weighted by atomic mass is 16.5. The van der Waals surface area contributed by atoms with Gasteiger partial charge in [-0.15, -0.1) is 0 Å². The predicted molar refractivity (Wildman–Crippen MR) is 67.8 cm³/mol. The average Bonchev–Trinajstić information content (AvgIpc) is 2.91. The second kappa shape index (κ2) is 6.99. The minimum atomic E-state index is -0.916. The van der Waals surface area contributed by atoms with E-state index in [1.807, 2.05) is 0 Å². The van der Waals surface area contributed by atoms with Crippen LogP contribution in [0.25, 0.3) is 0 Å². The topological polar surface area (TPSA) is 97.6 Å². The van der Waals surface area contributed by atoms with E-state index in [0.717, 1.165) is 0 Å². The molecule has 0 spiro atoms. The first-order chi connectivity index (χ1) is 9.66. The molecule has 1 aromatic heterocycles. The lowest BCUT2D eigenvalue weighted by Crippen LogP contribution is -2.49. The molecule has 1 N–H and O–H groups in total. The number of hydrogen-bond acceptors (Lipinski definition) is 5. The highest BCUT2D eigenvalue weighted by Gasteiger charge is 2.28. The Morgan fingerprint density at radius 1 is 1.45 bits per heavy atom. The minimum absolute atomic E-state index is 0.0281. The molecule has 2 rings (SSSR count). The van der Waals surface area contributed by atoms with Crippen molar-refractivity contribution in [3.05, 3.63) is 12.7 Å². The van der Waals surface area contributed by atoms with E-state index in [4.69, 9.17) is 9.84 Å². The number of aromatic nitrogens is 3. The Hall–Kier alpha value is -1.96. The van der Waals surface area contributed by atoms with Crippen LogP contribution in [0.2, 0.25) is 0 Å². The van der Waals surface area contributed by atoms with E-state index in [9.17, 15) is 9.59 Å². The lowest BCUT2D eigenvalue weighted by molar-refractivity contribution is -0.146. The highest BCUT2D eigenvalue weighted by molar-refractivity contribution is 5.77. The van der Waals surface area contributed by atoms with E-state index < -0.39 is 5.97 Å². The second-order valence-corrected chi connectivity index (χ2v) is 4.68. The molecular weight excluding hydrogens is 264 g/mol. The number of amides is 1. The van der Waals surface area contributed by atoms with Crippen molar-refractivity contribution in [3.8, 4) is 0 Å². The normalized spacial score (nSPS) is 19.0. The quantitative estimate of drug-likeness (QED) is 0.773. The van der Waals surface area contributed by atoms with E-state index in [0.29, 0.717) is 39.1 Å². The standard InChI is InChI=1S/C12H18N4O4/c17-11(2-1-3-15-9-13-8-14-15)16-4-5-20-7-10(16)6-12(18)19/h8-10H,1-7H2,(H,18,19)/t10-/m0/s1. The van der Waals surface area contributed by atoms with Crippen LogP contribution < -0.4 is 0 Å². The third-order valence-electron chi connectivity index (χ3n) is 3.20. The Labute approximate surface area is 116 Å². The number of aliphatic carboxylic acids is 1. The predicted octanol–water partition coefficient (Wildman–Crippen LogP) is -0.240. The van der Waals surface area contributed by atoms with Crippen molar-refractivity contribution >= 4 is 11.9 Å². The van der Waals surface area contributed by atoms with Crippen LogP contribution in [0, 0.1) is 0 Å². The number of carbonyl (C=O) groups is 2. The fourth-order valence-corrected chi connectivity index (χ4v) is 2.24. The monoisotopic (exact) mass is 282 g/mol. The van der Waals surface area contributed by atoms with Crippen molar-refractivity contribution in [2.75, 3.05) is 19.8 Å². The number of rotatable bonds is 6. The van der Waals surface area contributed by atoms with Crippen LogP contribution in [0.5, 0.6) is 0 Å². The molecule has 8 heteroatoms. The molecule has 0 unspecified atom stereocenters. The number of ether oxygens (including phenoxy) is 1. The van der Waals surface area contributed by atoms with Gasteiger partial charge in [-0.25, -0.2) is 4.98 Å². The zero-order chi connectivity index (χ0) is 14.4. The molecular formula is C12H18N4O4. The number of nitrogens with zero attached hydrogens (tertiary/aromatic N) is 4. The van der Waals surface area contributed by atoms with Gasteiger partial charge >= 0.3 is 5.97 Å². The van der Waals surface area contributed by atoms with Crippen LogP contribution in [0.3, 0.4) is 0 Å². The summed E-state index contributed by atoms with van der Waals surface area (Å²) in [6.07, 6.45) is 4.00. The summed E-state index contributed by atoms with van der Waals surface area (Å²) < 4.78 is 6.92. The van der Waals surface area contributed by atoms with Crippen LogP contribution >= 0.6 is 0 Å². The molecule has 1 aliphatic rings. The van der Waals surface area contributed by atoms with Gasteiger partial charge in [0.15, 0.2) is 0 Å². The van der Waals surface area contributed by atoms with E-state index in [1.54, 1.807) is 15.9 Å². The molecule has 0 radical (unpaired) electrons. The Morgan fingerprint density at radius 2 is 2.30 bits per heavy atom. The highest BCUT2D eigenvalue weighted by Crippen LogP contribution is 2.13. The largest absolute Gasteiger partial charge is 0.481 e. The van der Waals surface area contributed by atoms with Gasteiger partial charge in [0.25, 0.3) is 0 Å². The minimum Gasteiger partial charge on any atom is -0.481 e. The van der Waals surface area contributed by atoms with Gasteiger partial charge < -0.3 is 14.7 Å². The van der Waals surface area contributed by atoms with Crippen molar-refractivity contribution < 1.29 is 19.4 Å². The molecule has 1 aromatic rings. The number of morpholine rings is 1. The number of carboxylic acid groups (broad SMARTS) is 1. The summed E-state index contributed by atoms with van der Waals surface area (Å²) >= 11 is 0. The summed E-state index contributed by atoms with van der Waals surface area (Å²) in [6, 6.07) is -0.361. The first-order valence-electron chi connectivity index (χ1n) is 6.58. The van der Waals surface area contributed by atoms with Crippen LogP contribution in [0.1, 0.15) is 19.3 Å². The SMILES string of the molecule is O=C(O)C[C@H]1COCCN1C(=O)CCCn1cncn1. The Bertz CT molecular complexity index is 448. The lowest BCUT2D eigenvalue weighted by atomic mass is 10.1. The molecule has 110 valence electrons. The summed E-state index contributed by atoms with van der Waals surface area (Å²) in [6.45, 7) is 1.84. The average molecular weight is 282 g/mol. The zero-order valence-electron chi connectivity index (χ0n) is 11.1. The maximum absolute atomic E-state index is 12.2. The summed E-state index contributed by atoms with van der Waals surface area (Å²) in [5, 5.41) is 12.8. The maximum atomic E-state index is 12.2. The summed E-state index contributed by atoms with van der Waals surface area (Å²) in [7, 11) is 0. The van der Waals surface area contributed by atoms with Crippen molar-refractivity contribution in [2.45, 2.75) is 31.8 Å². The number of aryl methyl sites for hydroxylation is 1. The van der Waals surface area contributed by atoms with E-state index >= 15 is 0 Å². The first kappa shape index (κ1) is 14.4. The van der Waals surface area contributed by atoms with Gasteiger partial charge in [0.05, 0.1) is 25.7 Å². The van der Waals surface area contributed by atoms with Gasteiger partial charge in [-0.3, -0.25) is 14.3 Å². The third-order valence-corrected chi connectivity index (χ3v) is 3.20. The van der Waals surface area contributed by atoms with E-state index in [1.165, 1.54) is 6.33 Å². The smallest absolute Gasteiger partial charge is 0.305 e. The number of hydrogen-bond donors (Lipinski definition) is 1. The second-order valence-electron chi connectivity index (χ2n) is 4.68. The van der Waals surface area contributed by atoms with Crippen molar-refractivity contribution in [1.82, 2.24) is 19.7 Å². The summed E-state index contributed by atoms with van der Waals surface area (Å²) in [5.74, 6) is -0.944. The Morgan fingerprint density at radius 3 is 3.00 bits per heavy atom. The molecule has 2 heterocycles. The Kier molecular flexibility index (Phi) is 5.05. The van der Waals surface area contributed by atoms with Gasteiger partial charge in [0.2, 0.25) is 5.91 Å². The molecule has 8 nitrogen and oxygen atoms in total. The molecule has 20 heavy (non-hydrogen) atoms. The molecule has 0 aliphatic carbocycles. The molecule has 0 saturated carbocycles. The molecule has 1 atom stereocenters. The van der Waals surface area contributed by atoms with Gasteiger partial charge in [-0.05, 0) is 6.42 Å². The lowest BCUT2D eigenvalue weighted by Gasteiger charge is -2.35. The summed E-state index contributed by atoms with van der Waals surface area (Å²) in [5.41, 5.74) is 0. The van der Waals surface area contributed by atoms with Gasteiger partial charge in [-0.2, -0.15) is 5.10 Å². The van der Waals surface area contributed by atoms with E-state index in [2.05, 4.69) is 10.1 Å². The van der Waals surface area contributed by atoms with Gasteiger partial charge in [0.1, 0.15) is 12.7 Å². The van der Waals surface area contributed by atoms with E-state index in [-0.39, 0.29) is 18.4 Å². The fourth-order valence-electron chi connectivity index (χ4n) is 2.24. The fraction of sp³-hybridized carbons (Fsp3) is 0.667. The number of carboxylic acids is 1. The van der Waals surface area contributed by atoms with Crippen LogP contribution in [-0.4, -0.2) is 62.4 Å². The van der Waals surface area contributed by atoms with Crippen LogP contribution in [-0.2, 0) is 20.9 Å². The van der Waals surface area contributed by atoms with Crippen LogP contribution in [0.4, 0.5) is 0 Å².